The highest BCUT2D eigenvalue weighted by Gasteiger charge is 2.27. The highest BCUT2D eigenvalue weighted by Crippen LogP contribution is 2.51. The summed E-state index contributed by atoms with van der Waals surface area (Å²) < 4.78 is 11.5. The van der Waals surface area contributed by atoms with Gasteiger partial charge in [-0.25, -0.2) is 9.97 Å². The van der Waals surface area contributed by atoms with Gasteiger partial charge in [-0.1, -0.05) is 66.7 Å². The van der Waals surface area contributed by atoms with E-state index < -0.39 is 0 Å². The molecule has 0 unspecified atom stereocenters. The van der Waals surface area contributed by atoms with Gasteiger partial charge < -0.3 is 4.42 Å². The fraction of sp³-hybridized carbons (Fsp3) is 0. The second kappa shape index (κ2) is 6.14. The molecule has 0 atom stereocenters. The van der Waals surface area contributed by atoms with Crippen molar-refractivity contribution in [2.24, 2.45) is 0 Å². The molecular formula is C32H15N3OS. The summed E-state index contributed by atoms with van der Waals surface area (Å²) in [6, 6.07) is 31.8. The third-order valence-electron chi connectivity index (χ3n) is 7.89. The van der Waals surface area contributed by atoms with Gasteiger partial charge in [-0.2, -0.15) is 0 Å². The first-order valence-electron chi connectivity index (χ1n) is 12.4. The molecule has 0 bridgehead atoms. The van der Waals surface area contributed by atoms with Crippen LogP contribution in [0.15, 0.2) is 95.4 Å². The predicted molar refractivity (Wildman–Crippen MR) is 154 cm³/mol. The number of benzene rings is 5. The Kier molecular flexibility index (Phi) is 3.07. The van der Waals surface area contributed by atoms with Crippen molar-refractivity contribution in [3.8, 4) is 0 Å². The van der Waals surface area contributed by atoms with Gasteiger partial charge in [-0.3, -0.25) is 4.40 Å². The Morgan fingerprint density at radius 2 is 1.32 bits per heavy atom. The minimum Gasteiger partial charge on any atom is -0.455 e. The topological polar surface area (TPSA) is 43.3 Å². The number of nitrogens with zero attached hydrogens (tertiary/aromatic N) is 3. The molecule has 4 nitrogen and oxygen atoms in total. The van der Waals surface area contributed by atoms with Gasteiger partial charge in [-0.05, 0) is 24.3 Å². The third-order valence-corrected chi connectivity index (χ3v) is 9.07. The van der Waals surface area contributed by atoms with Gasteiger partial charge in [0.1, 0.15) is 16.7 Å². The van der Waals surface area contributed by atoms with Crippen molar-refractivity contribution in [3.05, 3.63) is 91.0 Å². The number of thiophene rings is 1. The summed E-state index contributed by atoms with van der Waals surface area (Å²) in [5.74, 6) is 0. The third kappa shape index (κ3) is 2.05. The van der Waals surface area contributed by atoms with Crippen LogP contribution in [0.3, 0.4) is 0 Å². The highest BCUT2D eigenvalue weighted by atomic mass is 32.1. The fourth-order valence-electron chi connectivity index (χ4n) is 6.44. The second-order valence-electron chi connectivity index (χ2n) is 9.75. The molecule has 5 heterocycles. The first-order valence-corrected chi connectivity index (χ1v) is 13.2. The van der Waals surface area contributed by atoms with Gasteiger partial charge in [0.2, 0.25) is 0 Å². The Balaban J connectivity index is 1.63. The van der Waals surface area contributed by atoms with Gasteiger partial charge >= 0.3 is 0 Å². The molecule has 0 saturated heterocycles. The Labute approximate surface area is 212 Å². The second-order valence-corrected chi connectivity index (χ2v) is 10.8. The van der Waals surface area contributed by atoms with Gasteiger partial charge in [0.05, 0.1) is 26.8 Å². The maximum absolute atomic E-state index is 6.64. The smallest absolute Gasteiger partial charge is 0.165 e. The van der Waals surface area contributed by atoms with Gasteiger partial charge in [0.25, 0.3) is 0 Å². The van der Waals surface area contributed by atoms with Crippen molar-refractivity contribution >= 4 is 103 Å². The molecule has 0 aliphatic carbocycles. The minimum absolute atomic E-state index is 0.908. The average Bonchev–Trinajstić information content (AvgIpc) is 3.68. The number of fused-ring (bicyclic) bond motifs is 16. The molecule has 0 aliphatic heterocycles. The van der Waals surface area contributed by atoms with Crippen LogP contribution in [-0.4, -0.2) is 14.4 Å². The van der Waals surface area contributed by atoms with Crippen LogP contribution in [0.25, 0.3) is 91.5 Å². The van der Waals surface area contributed by atoms with Crippen LogP contribution in [0.1, 0.15) is 0 Å². The molecule has 5 aromatic heterocycles. The van der Waals surface area contributed by atoms with Crippen molar-refractivity contribution in [3.63, 3.8) is 0 Å². The van der Waals surface area contributed by atoms with Gasteiger partial charge in [0, 0.05) is 42.4 Å². The number of furan rings is 1. The quantitative estimate of drug-likeness (QED) is 0.213. The lowest BCUT2D eigenvalue weighted by atomic mass is 10.0. The normalized spacial score (nSPS) is 12.9. The van der Waals surface area contributed by atoms with Gasteiger partial charge in [0.15, 0.2) is 5.65 Å². The molecule has 0 aliphatic rings. The van der Waals surface area contributed by atoms with Crippen LogP contribution in [-0.2, 0) is 0 Å². The zero-order valence-electron chi connectivity index (χ0n) is 19.3. The molecule has 0 saturated carbocycles. The van der Waals surface area contributed by atoms with E-state index in [4.69, 9.17) is 14.4 Å². The van der Waals surface area contributed by atoms with E-state index in [9.17, 15) is 0 Å². The van der Waals surface area contributed by atoms with Gasteiger partial charge in [-0.15, -0.1) is 11.3 Å². The van der Waals surface area contributed by atoms with E-state index in [1.165, 1.54) is 47.4 Å². The van der Waals surface area contributed by atoms with Crippen LogP contribution in [0.2, 0.25) is 0 Å². The van der Waals surface area contributed by atoms with Crippen LogP contribution in [0.4, 0.5) is 0 Å². The van der Waals surface area contributed by atoms with Crippen molar-refractivity contribution in [2.45, 2.75) is 0 Å². The monoisotopic (exact) mass is 489 g/mol. The lowest BCUT2D eigenvalue weighted by molar-refractivity contribution is 0.673. The molecule has 0 N–H and O–H groups in total. The van der Waals surface area contributed by atoms with E-state index >= 15 is 0 Å². The summed E-state index contributed by atoms with van der Waals surface area (Å²) in [5, 5.41) is 8.33. The molecule has 0 amide bonds. The average molecular weight is 490 g/mol. The Hall–Kier alpha value is -4.74. The zero-order valence-corrected chi connectivity index (χ0v) is 20.1. The molecule has 5 heteroatoms. The first kappa shape index (κ1) is 18.5. The number of hydrogen-bond acceptors (Lipinski definition) is 4. The van der Waals surface area contributed by atoms with E-state index in [2.05, 4.69) is 65.1 Å². The Bertz CT molecular complexity index is 2580. The molecular weight excluding hydrogens is 474 g/mol. The SMILES string of the molecule is c1ccc2nc3c(nc2c1)c1cccc2c4c5c6ccccc6oc5c5c6ccccc6sc5c4n3c12. The summed E-state index contributed by atoms with van der Waals surface area (Å²) in [6.07, 6.45) is 0. The van der Waals surface area contributed by atoms with Crippen molar-refractivity contribution in [1.29, 1.82) is 0 Å². The van der Waals surface area contributed by atoms with Crippen molar-refractivity contribution in [1.82, 2.24) is 14.4 Å². The molecule has 10 aromatic rings. The summed E-state index contributed by atoms with van der Waals surface area (Å²) in [6.45, 7) is 0. The zero-order chi connectivity index (χ0) is 23.8. The van der Waals surface area contributed by atoms with Crippen molar-refractivity contribution < 1.29 is 4.42 Å². The molecule has 0 fully saturated rings. The first-order chi connectivity index (χ1) is 18.4. The van der Waals surface area contributed by atoms with E-state index in [1.807, 2.05) is 41.7 Å². The Morgan fingerprint density at radius 3 is 2.24 bits per heavy atom. The summed E-state index contributed by atoms with van der Waals surface area (Å²) in [5.41, 5.74) is 7.95. The molecule has 170 valence electrons. The standard InChI is InChI=1S/C32H15N3OS/c1-5-14-22-16(8-1)25-24-18-10-7-11-19-27-32(34-21-13-4-3-12-20(21)33-27)35(28(18)19)29(24)31-26(30(25)36-22)17-9-2-6-15-23(17)37-31/h1-15H. The van der Waals surface area contributed by atoms with Crippen LogP contribution >= 0.6 is 11.3 Å². The summed E-state index contributed by atoms with van der Waals surface area (Å²) in [7, 11) is 0. The fourth-order valence-corrected chi connectivity index (χ4v) is 7.68. The lowest BCUT2D eigenvalue weighted by Gasteiger charge is -2.03. The van der Waals surface area contributed by atoms with E-state index in [0.717, 1.165) is 44.1 Å². The summed E-state index contributed by atoms with van der Waals surface area (Å²) >= 11 is 1.83. The maximum Gasteiger partial charge on any atom is 0.165 e. The molecule has 5 aromatic carbocycles. The van der Waals surface area contributed by atoms with E-state index in [1.54, 1.807) is 0 Å². The molecule has 37 heavy (non-hydrogen) atoms. The van der Waals surface area contributed by atoms with Crippen LogP contribution < -0.4 is 0 Å². The minimum atomic E-state index is 0.908. The van der Waals surface area contributed by atoms with Crippen LogP contribution in [0.5, 0.6) is 0 Å². The Morgan fingerprint density at radius 1 is 0.595 bits per heavy atom. The van der Waals surface area contributed by atoms with Crippen molar-refractivity contribution in [2.75, 3.05) is 0 Å². The predicted octanol–water partition coefficient (Wildman–Crippen LogP) is 9.05. The number of para-hydroxylation sites is 4. The highest BCUT2D eigenvalue weighted by molar-refractivity contribution is 7.27. The van der Waals surface area contributed by atoms with E-state index in [-0.39, 0.29) is 0 Å². The molecule has 10 rings (SSSR count). The summed E-state index contributed by atoms with van der Waals surface area (Å²) in [4.78, 5) is 10.3. The van der Waals surface area contributed by atoms with Crippen LogP contribution in [0, 0.1) is 0 Å². The molecule has 0 spiro atoms. The molecule has 0 radical (unpaired) electrons. The lowest BCUT2D eigenvalue weighted by Crippen LogP contribution is -1.89. The number of rotatable bonds is 0. The number of hydrogen-bond donors (Lipinski definition) is 0. The van der Waals surface area contributed by atoms with E-state index in [0.29, 0.717) is 0 Å². The largest absolute Gasteiger partial charge is 0.455 e. The maximum atomic E-state index is 6.64. The number of aromatic nitrogens is 3.